The summed E-state index contributed by atoms with van der Waals surface area (Å²) in [6.07, 6.45) is 1.10. The highest BCUT2D eigenvalue weighted by atomic mass is 32.2. The number of nitrogen functional groups attached to an aromatic ring is 1. The number of aryl methyl sites for hydroxylation is 1. The fourth-order valence-corrected chi connectivity index (χ4v) is 2.86. The van der Waals surface area contributed by atoms with Gasteiger partial charge in [-0.3, -0.25) is 4.79 Å². The number of rotatable bonds is 6. The molecule has 2 rings (SSSR count). The van der Waals surface area contributed by atoms with Gasteiger partial charge < -0.3 is 16.0 Å². The van der Waals surface area contributed by atoms with Gasteiger partial charge >= 0.3 is 0 Å². The molecule has 6 heteroatoms. The Morgan fingerprint density at radius 1 is 1.38 bits per heavy atom. The zero-order valence-electron chi connectivity index (χ0n) is 12.3. The van der Waals surface area contributed by atoms with Gasteiger partial charge in [-0.25, -0.2) is 4.98 Å². The molecule has 2 aromatic rings. The minimum Gasteiger partial charge on any atom is -0.383 e. The first kappa shape index (κ1) is 15.6. The Kier molecular flexibility index (Phi) is 5.41. The summed E-state index contributed by atoms with van der Waals surface area (Å²) >= 11 is 1.42. The van der Waals surface area contributed by atoms with Crippen molar-refractivity contribution in [1.82, 2.24) is 15.3 Å². The number of nitrogens with one attached hydrogen (secondary N) is 2. The molecular weight excluding hydrogens is 284 g/mol. The number of aromatic amines is 1. The van der Waals surface area contributed by atoms with E-state index in [0.29, 0.717) is 5.16 Å². The Balaban J connectivity index is 2.23. The number of hydrogen-bond acceptors (Lipinski definition) is 5. The lowest BCUT2D eigenvalue weighted by Gasteiger charge is -2.11. The zero-order chi connectivity index (χ0) is 15.2. The van der Waals surface area contributed by atoms with Gasteiger partial charge in [0, 0.05) is 17.5 Å². The first-order valence-electron chi connectivity index (χ1n) is 6.93. The third-order valence-corrected chi connectivity index (χ3v) is 3.91. The lowest BCUT2D eigenvalue weighted by atomic mass is 10.1. The van der Waals surface area contributed by atoms with E-state index in [2.05, 4.69) is 41.3 Å². The lowest BCUT2D eigenvalue weighted by Crippen LogP contribution is -2.14. The van der Waals surface area contributed by atoms with Crippen LogP contribution in [-0.4, -0.2) is 16.5 Å². The molecule has 1 aromatic heterocycles. The van der Waals surface area contributed by atoms with Gasteiger partial charge in [0.05, 0.1) is 0 Å². The zero-order valence-corrected chi connectivity index (χ0v) is 13.1. The molecule has 0 radical (unpaired) electrons. The Morgan fingerprint density at radius 2 is 2.19 bits per heavy atom. The molecule has 0 amide bonds. The summed E-state index contributed by atoms with van der Waals surface area (Å²) in [5.74, 6) is 0.235. The first-order valence-corrected chi connectivity index (χ1v) is 7.75. The summed E-state index contributed by atoms with van der Waals surface area (Å²) in [5.41, 5.74) is 7.79. The van der Waals surface area contributed by atoms with Crippen molar-refractivity contribution in [3.05, 3.63) is 45.7 Å². The summed E-state index contributed by atoms with van der Waals surface area (Å²) in [6, 6.07) is 7.53. The normalized spacial score (nSPS) is 10.8. The van der Waals surface area contributed by atoms with Gasteiger partial charge in [-0.05, 0) is 31.5 Å². The molecule has 0 aliphatic heterocycles. The van der Waals surface area contributed by atoms with Gasteiger partial charge in [-0.15, -0.1) is 0 Å². The van der Waals surface area contributed by atoms with Gasteiger partial charge in [-0.1, -0.05) is 36.4 Å². The number of anilines is 1. The second kappa shape index (κ2) is 7.28. The number of nitrogens with two attached hydrogens (primary N) is 1. The van der Waals surface area contributed by atoms with Crippen molar-refractivity contribution in [2.75, 3.05) is 12.3 Å². The average Bonchev–Trinajstić information content (AvgIpc) is 2.41. The van der Waals surface area contributed by atoms with Crippen molar-refractivity contribution < 1.29 is 0 Å². The quantitative estimate of drug-likeness (QED) is 0.563. The molecular formula is C15H20N4OS. The minimum absolute atomic E-state index is 0.234. The van der Waals surface area contributed by atoms with Crippen molar-refractivity contribution in [2.45, 2.75) is 36.9 Å². The van der Waals surface area contributed by atoms with E-state index < -0.39 is 0 Å². The lowest BCUT2D eigenvalue weighted by molar-refractivity contribution is 0.669. The highest BCUT2D eigenvalue weighted by molar-refractivity contribution is 7.99. The number of H-pyrrole nitrogens is 1. The van der Waals surface area contributed by atoms with Crippen LogP contribution < -0.4 is 16.6 Å². The number of nitrogens with zero attached hydrogens (tertiary/aromatic N) is 1. The van der Waals surface area contributed by atoms with Crippen LogP contribution in [0.25, 0.3) is 0 Å². The topological polar surface area (TPSA) is 83.8 Å². The number of hydrogen-bond donors (Lipinski definition) is 3. The van der Waals surface area contributed by atoms with Crippen LogP contribution in [0.5, 0.6) is 0 Å². The highest BCUT2D eigenvalue weighted by Gasteiger charge is 2.07. The third-order valence-electron chi connectivity index (χ3n) is 2.90. The molecule has 1 aromatic carbocycles. The molecule has 0 unspecified atom stereocenters. The summed E-state index contributed by atoms with van der Waals surface area (Å²) in [6.45, 7) is 5.98. The smallest absolute Gasteiger partial charge is 0.253 e. The van der Waals surface area contributed by atoms with E-state index in [1.54, 1.807) is 0 Å². The molecule has 0 aliphatic rings. The van der Waals surface area contributed by atoms with Gasteiger partial charge in [0.1, 0.15) is 5.82 Å². The summed E-state index contributed by atoms with van der Waals surface area (Å²) < 4.78 is 0. The van der Waals surface area contributed by atoms with Gasteiger partial charge in [0.25, 0.3) is 5.56 Å². The molecule has 0 saturated carbocycles. The van der Waals surface area contributed by atoms with Gasteiger partial charge in [0.2, 0.25) is 0 Å². The van der Waals surface area contributed by atoms with Crippen LogP contribution in [0, 0.1) is 6.92 Å². The Bertz CT molecular complexity index is 669. The van der Waals surface area contributed by atoms with E-state index in [1.165, 1.54) is 29.0 Å². The van der Waals surface area contributed by atoms with Crippen LogP contribution in [0.15, 0.2) is 39.1 Å². The van der Waals surface area contributed by atoms with E-state index in [9.17, 15) is 4.79 Å². The van der Waals surface area contributed by atoms with Crippen molar-refractivity contribution in [3.63, 3.8) is 0 Å². The van der Waals surface area contributed by atoms with Crippen LogP contribution in [0.2, 0.25) is 0 Å². The Labute approximate surface area is 128 Å². The maximum Gasteiger partial charge on any atom is 0.253 e. The molecule has 21 heavy (non-hydrogen) atoms. The van der Waals surface area contributed by atoms with E-state index in [-0.39, 0.29) is 11.4 Å². The Morgan fingerprint density at radius 3 is 2.90 bits per heavy atom. The predicted molar refractivity (Wildman–Crippen MR) is 86.6 cm³/mol. The molecule has 0 bridgehead atoms. The van der Waals surface area contributed by atoms with Crippen molar-refractivity contribution >= 4 is 17.6 Å². The molecule has 0 fully saturated rings. The van der Waals surface area contributed by atoms with E-state index in [0.717, 1.165) is 24.4 Å². The SMILES string of the molecule is CCCNCc1cc(C)ccc1Sc1nc(N)cc(=O)[nH]1. The third kappa shape index (κ3) is 4.61. The standard InChI is InChI=1S/C15H20N4OS/c1-3-6-17-9-11-7-10(2)4-5-12(11)21-15-18-13(16)8-14(20)19-15/h4-5,7-8,17H,3,6,9H2,1-2H3,(H3,16,18,19,20). The molecule has 0 spiro atoms. The molecule has 4 N–H and O–H groups in total. The average molecular weight is 304 g/mol. The monoisotopic (exact) mass is 304 g/mol. The molecule has 0 saturated heterocycles. The predicted octanol–water partition coefficient (Wildman–Crippen LogP) is 2.31. The van der Waals surface area contributed by atoms with Crippen LogP contribution >= 0.6 is 11.8 Å². The number of aromatic nitrogens is 2. The maximum atomic E-state index is 11.5. The first-order chi connectivity index (χ1) is 10.1. The van der Waals surface area contributed by atoms with Crippen molar-refractivity contribution in [3.8, 4) is 0 Å². The fraction of sp³-hybridized carbons (Fsp3) is 0.333. The molecule has 0 atom stereocenters. The van der Waals surface area contributed by atoms with Crippen LogP contribution in [-0.2, 0) is 6.54 Å². The van der Waals surface area contributed by atoms with Gasteiger partial charge in [0.15, 0.2) is 5.16 Å². The number of benzene rings is 1. The van der Waals surface area contributed by atoms with Crippen LogP contribution in [0.3, 0.4) is 0 Å². The maximum absolute atomic E-state index is 11.5. The second-order valence-electron chi connectivity index (χ2n) is 4.87. The molecule has 112 valence electrons. The van der Waals surface area contributed by atoms with E-state index in [4.69, 9.17) is 5.73 Å². The largest absolute Gasteiger partial charge is 0.383 e. The van der Waals surface area contributed by atoms with E-state index in [1.807, 2.05) is 6.07 Å². The summed E-state index contributed by atoms with van der Waals surface area (Å²) in [5, 5.41) is 3.91. The molecule has 0 aliphatic carbocycles. The summed E-state index contributed by atoms with van der Waals surface area (Å²) in [4.78, 5) is 19.4. The minimum atomic E-state index is -0.234. The van der Waals surface area contributed by atoms with Gasteiger partial charge in [-0.2, -0.15) is 0 Å². The second-order valence-corrected chi connectivity index (χ2v) is 5.90. The van der Waals surface area contributed by atoms with E-state index >= 15 is 0 Å². The summed E-state index contributed by atoms with van der Waals surface area (Å²) in [7, 11) is 0. The van der Waals surface area contributed by atoms with Crippen molar-refractivity contribution in [2.24, 2.45) is 0 Å². The van der Waals surface area contributed by atoms with Crippen LogP contribution in [0.4, 0.5) is 5.82 Å². The Hall–Kier alpha value is -1.79. The molecule has 5 nitrogen and oxygen atoms in total. The highest BCUT2D eigenvalue weighted by Crippen LogP contribution is 2.28. The molecule has 1 heterocycles. The van der Waals surface area contributed by atoms with Crippen molar-refractivity contribution in [1.29, 1.82) is 0 Å². The fourth-order valence-electron chi connectivity index (χ4n) is 1.95. The van der Waals surface area contributed by atoms with Crippen LogP contribution in [0.1, 0.15) is 24.5 Å².